The summed E-state index contributed by atoms with van der Waals surface area (Å²) in [6, 6.07) is 5.10. The van der Waals surface area contributed by atoms with E-state index in [2.05, 4.69) is 12.1 Å². The van der Waals surface area contributed by atoms with Crippen molar-refractivity contribution in [1.29, 1.82) is 10.5 Å². The Morgan fingerprint density at radius 1 is 0.700 bits per heavy atom. The van der Waals surface area contributed by atoms with Gasteiger partial charge in [0.25, 0.3) is 0 Å². The lowest BCUT2D eigenvalue weighted by Crippen LogP contribution is -2.27. The Kier molecular flexibility index (Phi) is 13.9. The van der Waals surface area contributed by atoms with E-state index in [1.165, 1.54) is 0 Å². The molecule has 0 radical (unpaired) electrons. The Labute approximate surface area is 143 Å². The van der Waals surface area contributed by atoms with E-state index < -0.39 is 0 Å². The van der Waals surface area contributed by atoms with Crippen LogP contribution < -0.4 is 11.5 Å². The van der Waals surface area contributed by atoms with Crippen molar-refractivity contribution in [2.24, 2.45) is 23.3 Å². The summed E-state index contributed by atoms with van der Waals surface area (Å²) >= 11 is 0. The smallest absolute Gasteiger partial charge is 0.0656 e. The number of hydrogen-bond acceptors (Lipinski definition) is 4. The number of hydrogen-bond donors (Lipinski definition) is 2. The quantitative estimate of drug-likeness (QED) is 0.641. The topological polar surface area (TPSA) is 99.6 Å². The van der Waals surface area contributed by atoms with Crippen molar-refractivity contribution < 1.29 is 0 Å². The second-order valence-electron chi connectivity index (χ2n) is 5.51. The first-order valence-corrected chi connectivity index (χ1v) is 6.96. The van der Waals surface area contributed by atoms with Gasteiger partial charge in [-0.3, -0.25) is 0 Å². The van der Waals surface area contributed by atoms with E-state index in [1.54, 1.807) is 0 Å². The minimum atomic E-state index is 0. The summed E-state index contributed by atoms with van der Waals surface area (Å²) in [7, 11) is 0. The molecule has 116 valence electrons. The zero-order valence-electron chi connectivity index (χ0n) is 11.8. The van der Waals surface area contributed by atoms with Crippen LogP contribution in [0.25, 0.3) is 0 Å². The maximum absolute atomic E-state index is 8.50. The summed E-state index contributed by atoms with van der Waals surface area (Å²) in [6.07, 6.45) is 8.44. The minimum Gasteiger partial charge on any atom is -0.328 e. The van der Waals surface area contributed by atoms with Gasteiger partial charge in [-0.15, -0.1) is 34.0 Å². The maximum atomic E-state index is 8.50. The lowest BCUT2D eigenvalue weighted by Gasteiger charge is -2.20. The summed E-state index contributed by atoms with van der Waals surface area (Å²) in [6.45, 7) is 0. The Morgan fingerprint density at radius 3 is 1.25 bits per heavy atom. The number of halogens is 2. The van der Waals surface area contributed by atoms with Crippen LogP contribution in [0.1, 0.15) is 51.4 Å². The van der Waals surface area contributed by atoms with Crippen LogP contribution in [0, 0.1) is 34.5 Å². The largest absolute Gasteiger partial charge is 0.328 e. The second-order valence-corrected chi connectivity index (χ2v) is 5.51. The predicted molar refractivity (Wildman–Crippen MR) is 91.7 cm³/mol. The maximum Gasteiger partial charge on any atom is 0.0656 e. The molecule has 0 amide bonds. The number of nitrogens with zero attached hydrogens (tertiary/aromatic N) is 2. The van der Waals surface area contributed by atoms with Gasteiger partial charge in [-0.05, 0) is 38.5 Å². The summed E-state index contributed by atoms with van der Waals surface area (Å²) in [5, 5.41) is 17.0. The molecule has 2 aliphatic rings. The van der Waals surface area contributed by atoms with Crippen LogP contribution in [0.4, 0.5) is 0 Å². The van der Waals surface area contributed by atoms with E-state index in [0.29, 0.717) is 12.1 Å². The van der Waals surface area contributed by atoms with Crippen molar-refractivity contribution in [3.05, 3.63) is 0 Å². The van der Waals surface area contributed by atoms with Gasteiger partial charge in [0, 0.05) is 23.9 Å². The highest BCUT2D eigenvalue weighted by Gasteiger charge is 2.18. The van der Waals surface area contributed by atoms with E-state index in [-0.39, 0.29) is 45.8 Å². The molecule has 0 aromatic rings. The average molecular weight is 410 g/mol. The standard InChI is InChI=1S/2C7H12N2.2BrH/c2*8-5-6-2-1-3-7(9)4-6;;/h2*6-7H,1-4,9H2;2*1H/t2*6-,7+;;/m10../s1. The van der Waals surface area contributed by atoms with Crippen LogP contribution in [-0.2, 0) is 0 Å². The molecule has 2 saturated carbocycles. The zero-order chi connectivity index (χ0) is 13.4. The minimum absolute atomic E-state index is 0. The van der Waals surface area contributed by atoms with E-state index in [0.717, 1.165) is 51.4 Å². The predicted octanol–water partition coefficient (Wildman–Crippen LogP) is 3.21. The van der Waals surface area contributed by atoms with E-state index in [1.807, 2.05) is 0 Å². The summed E-state index contributed by atoms with van der Waals surface area (Å²) in [5.74, 6) is 0.488. The molecule has 0 aromatic heterocycles. The SMILES string of the molecule is Br.Br.N#C[C@@H]1CCC[C@H](N)C1.N#C[C@H]1CCC[C@@H](N)C1. The summed E-state index contributed by atoms with van der Waals surface area (Å²) in [5.41, 5.74) is 11.3. The zero-order valence-corrected chi connectivity index (χ0v) is 15.3. The molecule has 2 rings (SSSR count). The fourth-order valence-electron chi connectivity index (χ4n) is 2.69. The third kappa shape index (κ3) is 8.92. The molecule has 0 aromatic carbocycles. The van der Waals surface area contributed by atoms with E-state index in [9.17, 15) is 0 Å². The molecule has 0 aliphatic heterocycles. The second kappa shape index (κ2) is 12.6. The first kappa shape index (κ1) is 22.1. The molecule has 2 fully saturated rings. The molecular weight excluding hydrogens is 384 g/mol. The van der Waals surface area contributed by atoms with Crippen molar-refractivity contribution in [2.45, 2.75) is 63.5 Å². The number of rotatable bonds is 0. The summed E-state index contributed by atoms with van der Waals surface area (Å²) < 4.78 is 0. The molecule has 0 spiro atoms. The van der Waals surface area contributed by atoms with Crippen molar-refractivity contribution in [2.75, 3.05) is 0 Å². The van der Waals surface area contributed by atoms with Crippen LogP contribution >= 0.6 is 34.0 Å². The normalized spacial score (nSPS) is 32.0. The van der Waals surface area contributed by atoms with Crippen molar-refractivity contribution in [3.8, 4) is 12.1 Å². The Balaban J connectivity index is 0. The number of nitrogens with two attached hydrogens (primary N) is 2. The fraction of sp³-hybridized carbons (Fsp3) is 0.857. The Bertz CT molecular complexity index is 292. The van der Waals surface area contributed by atoms with Crippen LogP contribution in [0.2, 0.25) is 0 Å². The summed E-state index contributed by atoms with van der Waals surface area (Å²) in [4.78, 5) is 0. The lowest BCUT2D eigenvalue weighted by atomic mass is 9.87. The molecule has 4 N–H and O–H groups in total. The molecule has 0 bridgehead atoms. The first-order valence-electron chi connectivity index (χ1n) is 6.96. The van der Waals surface area contributed by atoms with Gasteiger partial charge in [-0.2, -0.15) is 10.5 Å². The van der Waals surface area contributed by atoms with Crippen LogP contribution in [-0.4, -0.2) is 12.1 Å². The lowest BCUT2D eigenvalue weighted by molar-refractivity contribution is 0.379. The van der Waals surface area contributed by atoms with Gasteiger partial charge in [-0.1, -0.05) is 12.8 Å². The molecule has 0 unspecified atom stereocenters. The monoisotopic (exact) mass is 408 g/mol. The molecule has 6 heteroatoms. The van der Waals surface area contributed by atoms with Gasteiger partial charge >= 0.3 is 0 Å². The van der Waals surface area contributed by atoms with Crippen LogP contribution in [0.5, 0.6) is 0 Å². The van der Waals surface area contributed by atoms with E-state index in [4.69, 9.17) is 22.0 Å². The molecular formula is C14H26Br2N4. The molecule has 4 nitrogen and oxygen atoms in total. The van der Waals surface area contributed by atoms with Crippen LogP contribution in [0.3, 0.4) is 0 Å². The molecule has 0 saturated heterocycles. The van der Waals surface area contributed by atoms with Crippen molar-refractivity contribution in [3.63, 3.8) is 0 Å². The first-order chi connectivity index (χ1) is 8.65. The average Bonchev–Trinajstić information content (AvgIpc) is 2.39. The Hall–Kier alpha value is -0.140. The van der Waals surface area contributed by atoms with Gasteiger partial charge in [0.1, 0.15) is 0 Å². The number of nitriles is 2. The third-order valence-corrected chi connectivity index (χ3v) is 3.79. The van der Waals surface area contributed by atoms with Gasteiger partial charge in [0.2, 0.25) is 0 Å². The molecule has 2 aliphatic carbocycles. The highest BCUT2D eigenvalue weighted by Crippen LogP contribution is 2.22. The highest BCUT2D eigenvalue weighted by molar-refractivity contribution is 8.93. The van der Waals surface area contributed by atoms with Gasteiger partial charge < -0.3 is 11.5 Å². The fourth-order valence-corrected chi connectivity index (χ4v) is 2.69. The van der Waals surface area contributed by atoms with Gasteiger partial charge in [0.15, 0.2) is 0 Å². The van der Waals surface area contributed by atoms with Crippen molar-refractivity contribution >= 4 is 34.0 Å². The molecule has 0 heterocycles. The van der Waals surface area contributed by atoms with Crippen molar-refractivity contribution in [1.82, 2.24) is 0 Å². The van der Waals surface area contributed by atoms with Crippen LogP contribution in [0.15, 0.2) is 0 Å². The Morgan fingerprint density at radius 2 is 1.05 bits per heavy atom. The van der Waals surface area contributed by atoms with E-state index >= 15 is 0 Å². The highest BCUT2D eigenvalue weighted by atomic mass is 79.9. The van der Waals surface area contributed by atoms with Gasteiger partial charge in [0.05, 0.1) is 12.1 Å². The molecule has 20 heavy (non-hydrogen) atoms. The third-order valence-electron chi connectivity index (χ3n) is 3.79. The van der Waals surface area contributed by atoms with Gasteiger partial charge in [-0.25, -0.2) is 0 Å². The molecule has 4 atom stereocenters.